The van der Waals surface area contributed by atoms with Crippen LogP contribution in [0.5, 0.6) is 5.75 Å². The predicted molar refractivity (Wildman–Crippen MR) is 179 cm³/mol. The van der Waals surface area contributed by atoms with Crippen molar-refractivity contribution < 1.29 is 22.7 Å². The normalized spacial score (nSPS) is 14.0. The lowest BCUT2D eigenvalue weighted by Crippen LogP contribution is -2.50. The molecular weight excluding hydrogens is 598 g/mol. The van der Waals surface area contributed by atoms with Crippen LogP contribution in [-0.2, 0) is 45.5 Å². The van der Waals surface area contributed by atoms with Gasteiger partial charge in [0, 0.05) is 44.6 Å². The average Bonchev–Trinajstić information content (AvgIpc) is 3.65. The van der Waals surface area contributed by atoms with Gasteiger partial charge in [-0.05, 0) is 54.2 Å². The molecule has 4 aromatic carbocycles. The third-order valence-electron chi connectivity index (χ3n) is 8.37. The summed E-state index contributed by atoms with van der Waals surface area (Å²) in [7, 11) is -1.91. The van der Waals surface area contributed by atoms with E-state index >= 15 is 0 Å². The number of methoxy groups -OCH3 is 1. The first kappa shape index (κ1) is 32.9. The lowest BCUT2D eigenvalue weighted by atomic mass is 10.0. The predicted octanol–water partition coefficient (Wildman–Crippen LogP) is 5.37. The second-order valence-electron chi connectivity index (χ2n) is 11.5. The maximum atomic E-state index is 14.1. The molecule has 46 heavy (non-hydrogen) atoms. The molecule has 9 heteroatoms. The standard InChI is InChI=1S/C37H41N3O5S/c1-45-35-17-9-8-16-32(35)27-38-37(42)34(26-30-12-4-2-5-13-30)40(28-31-14-6-3-7-15-31)36(41)23-20-29-18-21-33(22-19-29)46(43,44)39-24-10-11-25-39/h2-9,12-19,21-22,34H,10-11,20,23-28H2,1H3,(H,38,42)/t34-/m0/s1. The SMILES string of the molecule is COc1ccccc1CNC(=O)[C@H](Cc1ccccc1)N(Cc1ccccc1)C(=O)CCc1ccc(S(=O)(=O)N2CCCC2)cc1. The van der Waals surface area contributed by atoms with E-state index in [1.165, 1.54) is 4.31 Å². The zero-order valence-corrected chi connectivity index (χ0v) is 27.0. The molecule has 1 aliphatic rings. The van der Waals surface area contributed by atoms with Crippen molar-refractivity contribution in [3.8, 4) is 5.75 Å². The topological polar surface area (TPSA) is 96.0 Å². The zero-order chi connectivity index (χ0) is 32.4. The van der Waals surface area contributed by atoms with Gasteiger partial charge in [0.15, 0.2) is 0 Å². The van der Waals surface area contributed by atoms with Crippen molar-refractivity contribution in [3.63, 3.8) is 0 Å². The third-order valence-corrected chi connectivity index (χ3v) is 10.3. The Bertz CT molecular complexity index is 1690. The van der Waals surface area contributed by atoms with E-state index in [-0.39, 0.29) is 36.2 Å². The number of rotatable bonds is 14. The molecule has 1 fully saturated rings. The maximum Gasteiger partial charge on any atom is 0.243 e. The molecule has 0 unspecified atom stereocenters. The number of sulfonamides is 1. The van der Waals surface area contributed by atoms with Crippen LogP contribution in [-0.4, -0.2) is 55.7 Å². The fourth-order valence-corrected chi connectivity index (χ4v) is 7.30. The zero-order valence-electron chi connectivity index (χ0n) is 26.2. The van der Waals surface area contributed by atoms with Gasteiger partial charge in [0.1, 0.15) is 11.8 Å². The number of para-hydroxylation sites is 1. The Kier molecular flexibility index (Phi) is 11.2. The number of carbonyl (C=O) groups is 2. The highest BCUT2D eigenvalue weighted by atomic mass is 32.2. The van der Waals surface area contributed by atoms with Crippen molar-refractivity contribution >= 4 is 21.8 Å². The lowest BCUT2D eigenvalue weighted by molar-refractivity contribution is -0.141. The second-order valence-corrected chi connectivity index (χ2v) is 13.4. The minimum Gasteiger partial charge on any atom is -0.496 e. The molecule has 0 aliphatic carbocycles. The monoisotopic (exact) mass is 639 g/mol. The quantitative estimate of drug-likeness (QED) is 0.200. The van der Waals surface area contributed by atoms with Gasteiger partial charge in [0.25, 0.3) is 0 Å². The van der Waals surface area contributed by atoms with Crippen molar-refractivity contribution in [2.24, 2.45) is 0 Å². The fourth-order valence-electron chi connectivity index (χ4n) is 5.78. The fraction of sp³-hybridized carbons (Fsp3) is 0.297. The van der Waals surface area contributed by atoms with Crippen molar-refractivity contribution in [2.75, 3.05) is 20.2 Å². The molecule has 0 spiro atoms. The molecule has 0 bridgehead atoms. The highest BCUT2D eigenvalue weighted by molar-refractivity contribution is 7.89. The Morgan fingerprint density at radius 3 is 2.07 bits per heavy atom. The number of aryl methyl sites for hydroxylation is 1. The molecule has 1 heterocycles. The van der Waals surface area contributed by atoms with Crippen LogP contribution in [0, 0.1) is 0 Å². The van der Waals surface area contributed by atoms with E-state index in [1.54, 1.807) is 36.3 Å². The van der Waals surface area contributed by atoms with E-state index in [9.17, 15) is 18.0 Å². The van der Waals surface area contributed by atoms with Gasteiger partial charge in [0.05, 0.1) is 12.0 Å². The van der Waals surface area contributed by atoms with Crippen LogP contribution in [0.25, 0.3) is 0 Å². The van der Waals surface area contributed by atoms with E-state index in [0.717, 1.165) is 35.1 Å². The number of carbonyl (C=O) groups excluding carboxylic acids is 2. The first-order chi connectivity index (χ1) is 22.3. The Hall–Kier alpha value is -4.47. The van der Waals surface area contributed by atoms with E-state index in [4.69, 9.17) is 4.74 Å². The molecule has 1 aliphatic heterocycles. The molecular formula is C37H41N3O5S. The van der Waals surface area contributed by atoms with Crippen LogP contribution in [0.3, 0.4) is 0 Å². The molecule has 0 aromatic heterocycles. The van der Waals surface area contributed by atoms with E-state index in [2.05, 4.69) is 5.32 Å². The van der Waals surface area contributed by atoms with Gasteiger partial charge in [-0.3, -0.25) is 9.59 Å². The summed E-state index contributed by atoms with van der Waals surface area (Å²) >= 11 is 0. The minimum absolute atomic E-state index is 0.161. The van der Waals surface area contributed by atoms with Gasteiger partial charge >= 0.3 is 0 Å². The molecule has 5 rings (SSSR count). The number of ether oxygens (including phenoxy) is 1. The van der Waals surface area contributed by atoms with Crippen LogP contribution in [0.4, 0.5) is 0 Å². The molecule has 8 nitrogen and oxygen atoms in total. The highest BCUT2D eigenvalue weighted by Gasteiger charge is 2.31. The Balaban J connectivity index is 1.36. The van der Waals surface area contributed by atoms with Crippen molar-refractivity contribution in [3.05, 3.63) is 131 Å². The van der Waals surface area contributed by atoms with Gasteiger partial charge in [-0.25, -0.2) is 8.42 Å². The van der Waals surface area contributed by atoms with E-state index in [1.807, 2.05) is 84.9 Å². The number of hydrogen-bond acceptors (Lipinski definition) is 5. The summed E-state index contributed by atoms with van der Waals surface area (Å²) in [5.41, 5.74) is 3.56. The Labute approximate surface area is 272 Å². The summed E-state index contributed by atoms with van der Waals surface area (Å²) in [5, 5.41) is 3.06. The molecule has 240 valence electrons. The van der Waals surface area contributed by atoms with Gasteiger partial charge < -0.3 is 15.0 Å². The summed E-state index contributed by atoms with van der Waals surface area (Å²) in [4.78, 5) is 30.0. The molecule has 2 amide bonds. The molecule has 0 radical (unpaired) electrons. The summed E-state index contributed by atoms with van der Waals surface area (Å²) in [6.45, 7) is 1.62. The summed E-state index contributed by atoms with van der Waals surface area (Å²) in [6, 6.07) is 32.9. The number of hydrogen-bond donors (Lipinski definition) is 1. The Morgan fingerprint density at radius 2 is 1.41 bits per heavy atom. The minimum atomic E-state index is -3.51. The highest BCUT2D eigenvalue weighted by Crippen LogP contribution is 2.23. The van der Waals surface area contributed by atoms with Crippen molar-refractivity contribution in [1.82, 2.24) is 14.5 Å². The van der Waals surface area contributed by atoms with Crippen LogP contribution < -0.4 is 10.1 Å². The summed E-state index contributed by atoms with van der Waals surface area (Å²) in [5.74, 6) is 0.264. The molecule has 0 saturated carbocycles. The molecule has 1 saturated heterocycles. The number of nitrogens with zero attached hydrogens (tertiary/aromatic N) is 2. The van der Waals surface area contributed by atoms with Crippen LogP contribution in [0.15, 0.2) is 114 Å². The van der Waals surface area contributed by atoms with Gasteiger partial charge in [-0.2, -0.15) is 4.31 Å². The first-order valence-corrected chi connectivity index (χ1v) is 17.1. The van der Waals surface area contributed by atoms with Gasteiger partial charge in [-0.1, -0.05) is 91.0 Å². The number of nitrogens with one attached hydrogen (secondary N) is 1. The van der Waals surface area contributed by atoms with E-state index < -0.39 is 16.1 Å². The van der Waals surface area contributed by atoms with Gasteiger partial charge in [-0.15, -0.1) is 0 Å². The van der Waals surface area contributed by atoms with Crippen LogP contribution in [0.2, 0.25) is 0 Å². The van der Waals surface area contributed by atoms with Crippen molar-refractivity contribution in [2.45, 2.75) is 56.1 Å². The molecule has 1 atom stereocenters. The molecule has 1 N–H and O–H groups in total. The van der Waals surface area contributed by atoms with Crippen LogP contribution >= 0.6 is 0 Å². The lowest BCUT2D eigenvalue weighted by Gasteiger charge is -2.32. The number of amides is 2. The third kappa shape index (κ3) is 8.41. The second kappa shape index (κ2) is 15.7. The largest absolute Gasteiger partial charge is 0.496 e. The van der Waals surface area contributed by atoms with Gasteiger partial charge in [0.2, 0.25) is 21.8 Å². The molecule has 4 aromatic rings. The number of benzene rings is 4. The summed E-state index contributed by atoms with van der Waals surface area (Å²) < 4.78 is 32.9. The van der Waals surface area contributed by atoms with Crippen molar-refractivity contribution in [1.29, 1.82) is 0 Å². The maximum absolute atomic E-state index is 14.1. The van der Waals surface area contributed by atoms with Crippen LogP contribution in [0.1, 0.15) is 41.5 Å². The smallest absolute Gasteiger partial charge is 0.243 e. The average molecular weight is 640 g/mol. The first-order valence-electron chi connectivity index (χ1n) is 15.7. The van der Waals surface area contributed by atoms with E-state index in [0.29, 0.717) is 31.7 Å². The summed E-state index contributed by atoms with van der Waals surface area (Å²) in [6.07, 6.45) is 2.68. The Morgan fingerprint density at radius 1 is 0.804 bits per heavy atom.